The van der Waals surface area contributed by atoms with Crippen LogP contribution in [0, 0.1) is 5.41 Å². The van der Waals surface area contributed by atoms with Gasteiger partial charge in [0.1, 0.15) is 6.04 Å². The number of carbonyl (C=O) groups excluding carboxylic acids is 2. The highest BCUT2D eigenvalue weighted by Crippen LogP contribution is 2.41. The number of piperidine rings is 2. The molecule has 7 heteroatoms. The van der Waals surface area contributed by atoms with Crippen molar-refractivity contribution in [3.05, 3.63) is 34.9 Å². The molecule has 2 fully saturated rings. The minimum atomic E-state index is -0.985. The van der Waals surface area contributed by atoms with Gasteiger partial charge in [0.05, 0.1) is 10.6 Å². The van der Waals surface area contributed by atoms with Crippen molar-refractivity contribution in [3.63, 3.8) is 0 Å². The van der Waals surface area contributed by atoms with E-state index in [-0.39, 0.29) is 17.2 Å². The maximum atomic E-state index is 12.7. The van der Waals surface area contributed by atoms with Gasteiger partial charge in [-0.2, -0.15) is 0 Å². The van der Waals surface area contributed by atoms with E-state index < -0.39 is 12.0 Å². The summed E-state index contributed by atoms with van der Waals surface area (Å²) in [6, 6.07) is 6.20. The molecule has 2 heterocycles. The Morgan fingerprint density at radius 3 is 2.46 bits per heavy atom. The second kappa shape index (κ2) is 7.27. The number of carboxylic acid groups (broad SMARTS) is 1. The molecule has 26 heavy (non-hydrogen) atoms. The second-order valence-electron chi connectivity index (χ2n) is 7.31. The molecule has 0 aliphatic carbocycles. The number of amides is 2. The summed E-state index contributed by atoms with van der Waals surface area (Å²) in [5, 5.41) is 9.69. The lowest BCUT2D eigenvalue weighted by Gasteiger charge is -2.48. The molecule has 1 aromatic carbocycles. The average molecular weight is 379 g/mol. The molecule has 2 saturated heterocycles. The number of nitrogens with zero attached hydrogens (tertiary/aromatic N) is 2. The highest BCUT2D eigenvalue weighted by molar-refractivity contribution is 6.33. The highest BCUT2D eigenvalue weighted by Gasteiger charge is 2.44. The first-order chi connectivity index (χ1) is 12.3. The zero-order valence-corrected chi connectivity index (χ0v) is 15.5. The minimum absolute atomic E-state index is 0.0758. The summed E-state index contributed by atoms with van der Waals surface area (Å²) < 4.78 is 0. The molecule has 0 unspecified atom stereocenters. The van der Waals surface area contributed by atoms with Crippen LogP contribution in [0.5, 0.6) is 0 Å². The lowest BCUT2D eigenvalue weighted by molar-refractivity contribution is -0.154. The van der Waals surface area contributed by atoms with E-state index in [0.29, 0.717) is 36.6 Å². The molecule has 140 valence electrons. The fourth-order valence-corrected chi connectivity index (χ4v) is 4.14. The van der Waals surface area contributed by atoms with Crippen LogP contribution in [0.15, 0.2) is 24.3 Å². The van der Waals surface area contributed by atoms with Gasteiger partial charge in [-0.25, -0.2) is 4.79 Å². The SMILES string of the molecule is C[C@@H](C(=O)O)N1CC2(CCC1=O)CCN(C(=O)c1ccccc1Cl)CC2. The normalized spacial score (nSPS) is 20.9. The molecule has 2 aliphatic heterocycles. The molecular weight excluding hydrogens is 356 g/mol. The third kappa shape index (κ3) is 3.56. The Labute approximate surface area is 157 Å². The maximum absolute atomic E-state index is 12.7. The summed E-state index contributed by atoms with van der Waals surface area (Å²) >= 11 is 6.13. The predicted octanol–water partition coefficient (Wildman–Crippen LogP) is 2.66. The molecule has 0 bridgehead atoms. The van der Waals surface area contributed by atoms with Crippen LogP contribution in [0.25, 0.3) is 0 Å². The number of aliphatic carboxylic acids is 1. The van der Waals surface area contributed by atoms with Gasteiger partial charge in [0.25, 0.3) is 5.91 Å². The zero-order valence-electron chi connectivity index (χ0n) is 14.8. The number of hydrogen-bond donors (Lipinski definition) is 1. The van der Waals surface area contributed by atoms with Crippen molar-refractivity contribution in [2.24, 2.45) is 5.41 Å². The lowest BCUT2D eigenvalue weighted by atomic mass is 9.72. The summed E-state index contributed by atoms with van der Waals surface area (Å²) in [5.41, 5.74) is 0.402. The molecule has 1 atom stereocenters. The van der Waals surface area contributed by atoms with Gasteiger partial charge in [-0.3, -0.25) is 9.59 Å². The van der Waals surface area contributed by atoms with Crippen LogP contribution in [0.3, 0.4) is 0 Å². The summed E-state index contributed by atoms with van der Waals surface area (Å²) in [7, 11) is 0. The van der Waals surface area contributed by atoms with Crippen LogP contribution >= 0.6 is 11.6 Å². The van der Waals surface area contributed by atoms with Crippen molar-refractivity contribution in [1.82, 2.24) is 9.80 Å². The van der Waals surface area contributed by atoms with Gasteiger partial charge < -0.3 is 14.9 Å². The van der Waals surface area contributed by atoms with Crippen LogP contribution in [0.2, 0.25) is 5.02 Å². The third-order valence-corrected chi connectivity index (χ3v) is 6.07. The van der Waals surface area contributed by atoms with Crippen LogP contribution in [-0.2, 0) is 9.59 Å². The van der Waals surface area contributed by atoms with Gasteiger partial charge in [-0.1, -0.05) is 23.7 Å². The first kappa shape index (κ1) is 18.7. The molecule has 3 rings (SSSR count). The summed E-state index contributed by atoms with van der Waals surface area (Å²) in [5.74, 6) is -1.16. The smallest absolute Gasteiger partial charge is 0.326 e. The first-order valence-corrected chi connectivity index (χ1v) is 9.27. The molecule has 1 spiro atoms. The van der Waals surface area contributed by atoms with Crippen molar-refractivity contribution in [2.75, 3.05) is 19.6 Å². The van der Waals surface area contributed by atoms with E-state index in [0.717, 1.165) is 19.3 Å². The minimum Gasteiger partial charge on any atom is -0.480 e. The summed E-state index contributed by atoms with van der Waals surface area (Å²) in [6.07, 6.45) is 2.65. The van der Waals surface area contributed by atoms with Crippen LogP contribution in [-0.4, -0.2) is 58.4 Å². The third-order valence-electron chi connectivity index (χ3n) is 5.74. The van der Waals surface area contributed by atoms with E-state index >= 15 is 0 Å². The average Bonchev–Trinajstić information content (AvgIpc) is 2.64. The fourth-order valence-electron chi connectivity index (χ4n) is 3.93. The Morgan fingerprint density at radius 1 is 1.19 bits per heavy atom. The number of rotatable bonds is 3. The van der Waals surface area contributed by atoms with E-state index in [1.165, 1.54) is 4.90 Å². The molecule has 0 saturated carbocycles. The van der Waals surface area contributed by atoms with Crippen molar-refractivity contribution in [3.8, 4) is 0 Å². The van der Waals surface area contributed by atoms with Gasteiger partial charge in [0.15, 0.2) is 0 Å². The van der Waals surface area contributed by atoms with E-state index in [4.69, 9.17) is 11.6 Å². The fraction of sp³-hybridized carbons (Fsp3) is 0.526. The Kier molecular flexibility index (Phi) is 5.23. The monoisotopic (exact) mass is 378 g/mol. The highest BCUT2D eigenvalue weighted by atomic mass is 35.5. The Bertz CT molecular complexity index is 728. The quantitative estimate of drug-likeness (QED) is 0.877. The topological polar surface area (TPSA) is 77.9 Å². The Morgan fingerprint density at radius 2 is 1.85 bits per heavy atom. The molecule has 6 nitrogen and oxygen atoms in total. The summed E-state index contributed by atoms with van der Waals surface area (Å²) in [4.78, 5) is 39.4. The van der Waals surface area contributed by atoms with Crippen molar-refractivity contribution >= 4 is 29.4 Å². The van der Waals surface area contributed by atoms with Crippen molar-refractivity contribution < 1.29 is 19.5 Å². The molecule has 1 N–H and O–H groups in total. The number of carboxylic acids is 1. The van der Waals surface area contributed by atoms with Gasteiger partial charge >= 0.3 is 5.97 Å². The second-order valence-corrected chi connectivity index (χ2v) is 7.72. The molecular formula is C19H23ClN2O4. The number of likely N-dealkylation sites (tertiary alicyclic amines) is 2. The van der Waals surface area contributed by atoms with E-state index in [2.05, 4.69) is 0 Å². The molecule has 0 aromatic heterocycles. The Hall–Kier alpha value is -2.08. The van der Waals surface area contributed by atoms with E-state index in [1.54, 1.807) is 36.1 Å². The number of hydrogen-bond acceptors (Lipinski definition) is 3. The summed E-state index contributed by atoms with van der Waals surface area (Å²) in [6.45, 7) is 3.18. The largest absolute Gasteiger partial charge is 0.480 e. The molecule has 2 amide bonds. The van der Waals surface area contributed by atoms with Crippen molar-refractivity contribution in [2.45, 2.75) is 38.6 Å². The predicted molar refractivity (Wildman–Crippen MR) is 97.1 cm³/mol. The van der Waals surface area contributed by atoms with Gasteiger partial charge in [0.2, 0.25) is 5.91 Å². The lowest BCUT2D eigenvalue weighted by Crippen LogP contribution is -2.55. The zero-order chi connectivity index (χ0) is 18.9. The van der Waals surface area contributed by atoms with E-state index in [9.17, 15) is 19.5 Å². The number of benzene rings is 1. The Balaban J connectivity index is 1.67. The molecule has 0 radical (unpaired) electrons. The van der Waals surface area contributed by atoms with Crippen LogP contribution in [0.1, 0.15) is 43.0 Å². The van der Waals surface area contributed by atoms with Gasteiger partial charge in [-0.15, -0.1) is 0 Å². The van der Waals surface area contributed by atoms with Crippen LogP contribution in [0.4, 0.5) is 0 Å². The van der Waals surface area contributed by atoms with Crippen LogP contribution < -0.4 is 0 Å². The van der Waals surface area contributed by atoms with Gasteiger partial charge in [0, 0.05) is 26.1 Å². The number of halogens is 1. The maximum Gasteiger partial charge on any atom is 0.326 e. The van der Waals surface area contributed by atoms with Gasteiger partial charge in [-0.05, 0) is 43.7 Å². The standard InChI is InChI=1S/C19H23ClN2O4/c1-13(18(25)26)22-12-19(7-6-16(22)23)8-10-21(11-9-19)17(24)14-4-2-3-5-15(14)20/h2-5,13H,6-12H2,1H3,(H,25,26)/t13-/m0/s1. The van der Waals surface area contributed by atoms with E-state index in [1.807, 2.05) is 0 Å². The number of carbonyl (C=O) groups is 3. The molecule has 2 aliphatic rings. The van der Waals surface area contributed by atoms with Crippen molar-refractivity contribution in [1.29, 1.82) is 0 Å². The molecule has 1 aromatic rings. The first-order valence-electron chi connectivity index (χ1n) is 8.89.